The molecular formula is C26H26N4O4. The van der Waals surface area contributed by atoms with Gasteiger partial charge in [0.15, 0.2) is 0 Å². The summed E-state index contributed by atoms with van der Waals surface area (Å²) < 4.78 is 18.9. The summed E-state index contributed by atoms with van der Waals surface area (Å²) in [5.41, 5.74) is 2.70. The summed E-state index contributed by atoms with van der Waals surface area (Å²) in [5, 5.41) is 7.09. The van der Waals surface area contributed by atoms with Crippen LogP contribution in [0.15, 0.2) is 73.2 Å². The summed E-state index contributed by atoms with van der Waals surface area (Å²) in [6.45, 7) is 4.77. The lowest BCUT2D eigenvalue weighted by Gasteiger charge is -2.12. The summed E-state index contributed by atoms with van der Waals surface area (Å²) in [6.07, 6.45) is 5.32. The van der Waals surface area contributed by atoms with Gasteiger partial charge in [0.1, 0.15) is 23.0 Å². The van der Waals surface area contributed by atoms with Gasteiger partial charge in [0.2, 0.25) is 0 Å². The number of hydrogen-bond donors (Lipinski definition) is 1. The van der Waals surface area contributed by atoms with Crippen molar-refractivity contribution >= 4 is 11.6 Å². The highest BCUT2D eigenvalue weighted by atomic mass is 16.5. The molecule has 34 heavy (non-hydrogen) atoms. The second kappa shape index (κ2) is 10.5. The van der Waals surface area contributed by atoms with Crippen LogP contribution in [0, 0.1) is 0 Å². The van der Waals surface area contributed by atoms with Gasteiger partial charge in [0.25, 0.3) is 5.91 Å². The van der Waals surface area contributed by atoms with Gasteiger partial charge in [0, 0.05) is 54.5 Å². The van der Waals surface area contributed by atoms with Gasteiger partial charge < -0.3 is 19.5 Å². The number of hydrogen-bond acceptors (Lipinski definition) is 6. The van der Waals surface area contributed by atoms with Crippen molar-refractivity contribution in [1.29, 1.82) is 0 Å². The van der Waals surface area contributed by atoms with Crippen molar-refractivity contribution in [3.05, 3.63) is 78.8 Å². The van der Waals surface area contributed by atoms with Crippen LogP contribution >= 0.6 is 0 Å². The topological polar surface area (TPSA) is 87.5 Å². The maximum absolute atomic E-state index is 12.9. The Morgan fingerprint density at radius 3 is 2.35 bits per heavy atom. The predicted octanol–water partition coefficient (Wildman–Crippen LogP) is 5.32. The van der Waals surface area contributed by atoms with Crippen LogP contribution in [0.1, 0.15) is 24.2 Å². The van der Waals surface area contributed by atoms with Crippen LogP contribution in [0.5, 0.6) is 23.0 Å². The van der Waals surface area contributed by atoms with Crippen LogP contribution in [-0.2, 0) is 7.05 Å². The Morgan fingerprint density at radius 1 is 0.941 bits per heavy atom. The van der Waals surface area contributed by atoms with Crippen molar-refractivity contribution in [3.8, 4) is 34.3 Å². The largest absolute Gasteiger partial charge is 0.494 e. The van der Waals surface area contributed by atoms with Gasteiger partial charge in [-0.3, -0.25) is 14.5 Å². The van der Waals surface area contributed by atoms with Crippen LogP contribution in [0.25, 0.3) is 11.3 Å². The minimum absolute atomic E-state index is 0.276. The van der Waals surface area contributed by atoms with Gasteiger partial charge in [-0.25, -0.2) is 0 Å². The van der Waals surface area contributed by atoms with E-state index in [1.54, 1.807) is 53.5 Å². The fourth-order valence-corrected chi connectivity index (χ4v) is 3.37. The third-order valence-electron chi connectivity index (χ3n) is 4.82. The molecule has 1 amide bonds. The number of anilines is 1. The predicted molar refractivity (Wildman–Crippen MR) is 130 cm³/mol. The van der Waals surface area contributed by atoms with E-state index in [1.807, 2.05) is 45.3 Å². The fourth-order valence-electron chi connectivity index (χ4n) is 3.37. The molecule has 0 atom stereocenters. The van der Waals surface area contributed by atoms with E-state index in [0.29, 0.717) is 47.5 Å². The van der Waals surface area contributed by atoms with E-state index >= 15 is 0 Å². The van der Waals surface area contributed by atoms with Crippen molar-refractivity contribution in [2.45, 2.75) is 13.8 Å². The lowest BCUT2D eigenvalue weighted by molar-refractivity contribution is 0.102. The zero-order valence-corrected chi connectivity index (χ0v) is 19.3. The Morgan fingerprint density at radius 2 is 1.68 bits per heavy atom. The zero-order valence-electron chi connectivity index (χ0n) is 19.3. The van der Waals surface area contributed by atoms with Crippen LogP contribution in [-0.4, -0.2) is 33.9 Å². The Bertz CT molecular complexity index is 1260. The van der Waals surface area contributed by atoms with Crippen molar-refractivity contribution in [2.75, 3.05) is 18.5 Å². The van der Waals surface area contributed by atoms with Crippen LogP contribution in [0.3, 0.4) is 0 Å². The van der Waals surface area contributed by atoms with Gasteiger partial charge >= 0.3 is 0 Å². The highest BCUT2D eigenvalue weighted by Gasteiger charge is 2.12. The average Bonchev–Trinajstić information content (AvgIpc) is 3.26. The van der Waals surface area contributed by atoms with Gasteiger partial charge in [-0.2, -0.15) is 5.10 Å². The van der Waals surface area contributed by atoms with Crippen LogP contribution in [0.2, 0.25) is 0 Å². The first kappa shape index (κ1) is 22.8. The van der Waals surface area contributed by atoms with E-state index in [2.05, 4.69) is 15.4 Å². The number of nitrogens with one attached hydrogen (secondary N) is 1. The SMILES string of the molecule is CCOc1cc(OCC)cc(C(=O)Nc2cccc(Oc3ccnc(-c4cnn(C)c4)c3)c2)c1. The Kier molecular flexibility index (Phi) is 7.07. The lowest BCUT2D eigenvalue weighted by Crippen LogP contribution is -2.12. The molecule has 1 N–H and O–H groups in total. The number of rotatable bonds is 9. The van der Waals surface area contributed by atoms with E-state index in [9.17, 15) is 4.79 Å². The fraction of sp³-hybridized carbons (Fsp3) is 0.192. The third-order valence-corrected chi connectivity index (χ3v) is 4.82. The van der Waals surface area contributed by atoms with Gasteiger partial charge in [-0.15, -0.1) is 0 Å². The first-order chi connectivity index (χ1) is 16.5. The standard InChI is InChI=1S/C26H26N4O4/c1-4-32-23-11-18(12-24(14-23)33-5-2)26(31)29-20-7-6-8-21(13-20)34-22-9-10-27-25(15-22)19-16-28-30(3)17-19/h6-17H,4-5H2,1-3H3,(H,29,31). The maximum atomic E-state index is 12.9. The van der Waals surface area contributed by atoms with E-state index < -0.39 is 0 Å². The van der Waals surface area contributed by atoms with Crippen LogP contribution in [0.4, 0.5) is 5.69 Å². The van der Waals surface area contributed by atoms with Crippen molar-refractivity contribution in [3.63, 3.8) is 0 Å². The van der Waals surface area contributed by atoms with Crippen LogP contribution < -0.4 is 19.5 Å². The molecule has 8 nitrogen and oxygen atoms in total. The summed E-state index contributed by atoms with van der Waals surface area (Å²) in [5.74, 6) is 2.10. The minimum atomic E-state index is -0.276. The van der Waals surface area contributed by atoms with E-state index in [-0.39, 0.29) is 5.91 Å². The molecule has 0 fully saturated rings. The number of amides is 1. The molecule has 2 heterocycles. The molecular weight excluding hydrogens is 432 g/mol. The molecule has 0 bridgehead atoms. The normalized spacial score (nSPS) is 10.6. The first-order valence-corrected chi connectivity index (χ1v) is 11.0. The van der Waals surface area contributed by atoms with E-state index in [1.165, 1.54) is 0 Å². The number of pyridine rings is 1. The summed E-state index contributed by atoms with van der Waals surface area (Å²) in [6, 6.07) is 16.0. The van der Waals surface area contributed by atoms with Gasteiger partial charge in [-0.05, 0) is 44.2 Å². The van der Waals surface area contributed by atoms with Crippen molar-refractivity contribution < 1.29 is 19.0 Å². The average molecular weight is 459 g/mol. The molecule has 2 aromatic carbocycles. The maximum Gasteiger partial charge on any atom is 0.255 e. The summed E-state index contributed by atoms with van der Waals surface area (Å²) in [7, 11) is 1.86. The van der Waals surface area contributed by atoms with Gasteiger partial charge in [0.05, 0.1) is 25.1 Å². The highest BCUT2D eigenvalue weighted by molar-refractivity contribution is 6.04. The molecule has 0 unspecified atom stereocenters. The number of aromatic nitrogens is 3. The van der Waals surface area contributed by atoms with Crippen molar-refractivity contribution in [2.24, 2.45) is 7.05 Å². The lowest BCUT2D eigenvalue weighted by atomic mass is 10.1. The summed E-state index contributed by atoms with van der Waals surface area (Å²) >= 11 is 0. The first-order valence-electron chi connectivity index (χ1n) is 11.0. The molecule has 2 aromatic heterocycles. The number of benzene rings is 2. The molecule has 0 radical (unpaired) electrons. The molecule has 0 saturated heterocycles. The number of carbonyl (C=O) groups is 1. The molecule has 4 aromatic rings. The second-order valence-corrected chi connectivity index (χ2v) is 7.42. The molecule has 4 rings (SSSR count). The quantitative estimate of drug-likeness (QED) is 0.365. The van der Waals surface area contributed by atoms with E-state index in [4.69, 9.17) is 14.2 Å². The molecule has 8 heteroatoms. The zero-order chi connectivity index (χ0) is 23.9. The van der Waals surface area contributed by atoms with Gasteiger partial charge in [-0.1, -0.05) is 6.07 Å². The number of aryl methyl sites for hydroxylation is 1. The monoisotopic (exact) mass is 458 g/mol. The van der Waals surface area contributed by atoms with E-state index in [0.717, 1.165) is 11.3 Å². The molecule has 0 aliphatic rings. The Balaban J connectivity index is 1.50. The molecule has 0 aliphatic carbocycles. The number of nitrogens with zero attached hydrogens (tertiary/aromatic N) is 3. The molecule has 0 saturated carbocycles. The third kappa shape index (κ3) is 5.72. The summed E-state index contributed by atoms with van der Waals surface area (Å²) in [4.78, 5) is 17.3. The van der Waals surface area contributed by atoms with Crippen molar-refractivity contribution in [1.82, 2.24) is 14.8 Å². The molecule has 0 spiro atoms. The minimum Gasteiger partial charge on any atom is -0.494 e. The number of ether oxygens (including phenoxy) is 3. The molecule has 0 aliphatic heterocycles. The second-order valence-electron chi connectivity index (χ2n) is 7.42. The number of carbonyl (C=O) groups excluding carboxylic acids is 1. The smallest absolute Gasteiger partial charge is 0.255 e. The Hall–Kier alpha value is -4.33. The Labute approximate surface area is 198 Å². The highest BCUT2D eigenvalue weighted by Crippen LogP contribution is 2.28. The molecule has 174 valence electrons.